The molecular weight excluding hydrogens is 472 g/mol. The maximum Gasteiger partial charge on any atom is 0.251 e. The monoisotopic (exact) mass is 502 g/mol. The van der Waals surface area contributed by atoms with Gasteiger partial charge in [-0.15, -0.1) is 0 Å². The minimum Gasteiger partial charge on any atom is -0.378 e. The third-order valence-electron chi connectivity index (χ3n) is 8.20. The predicted octanol–water partition coefficient (Wildman–Crippen LogP) is 7.30. The first kappa shape index (κ1) is 23.0. The van der Waals surface area contributed by atoms with Gasteiger partial charge in [-0.1, -0.05) is 54.1 Å². The Morgan fingerprint density at radius 3 is 2.71 bits per heavy atom. The van der Waals surface area contributed by atoms with Crippen LogP contribution in [-0.2, 0) is 5.75 Å². The molecule has 0 aromatic heterocycles. The van der Waals surface area contributed by atoms with Gasteiger partial charge in [-0.3, -0.25) is 4.79 Å². The fourth-order valence-corrected chi connectivity index (χ4v) is 7.79. The molecule has 0 radical (unpaired) electrons. The zero-order chi connectivity index (χ0) is 23.8. The zero-order valence-corrected chi connectivity index (χ0v) is 21.3. The molecule has 1 heterocycles. The first-order valence-corrected chi connectivity index (χ1v) is 14.3. The quantitative estimate of drug-likeness (QED) is 0.333. The van der Waals surface area contributed by atoms with Crippen molar-refractivity contribution in [2.45, 2.75) is 37.0 Å². The maximum atomic E-state index is 13.0. The highest BCUT2D eigenvalue weighted by Gasteiger charge is 2.53. The van der Waals surface area contributed by atoms with Crippen LogP contribution in [-0.4, -0.2) is 18.2 Å². The van der Waals surface area contributed by atoms with Crippen molar-refractivity contribution < 1.29 is 4.79 Å². The molecule has 3 nitrogen and oxygen atoms in total. The van der Waals surface area contributed by atoms with Gasteiger partial charge in [-0.05, 0) is 90.0 Å². The molecule has 2 N–H and O–H groups in total. The SMILES string of the molecule is O=C(NCCSCc1cccc(Cl)c1)c1ccc2c(c1)[C@@H]1[C@H]3CC[C@@H](C3)[C@H]1[C@@H](c1ccccc1)N2. The van der Waals surface area contributed by atoms with Gasteiger partial charge in [0.05, 0.1) is 6.04 Å². The molecule has 3 aromatic carbocycles. The number of carbonyl (C=O) groups is 1. The average Bonchev–Trinajstić information content (AvgIpc) is 3.51. The Hall–Kier alpha value is -2.43. The summed E-state index contributed by atoms with van der Waals surface area (Å²) >= 11 is 7.88. The summed E-state index contributed by atoms with van der Waals surface area (Å²) in [6.07, 6.45) is 4.01. The summed E-state index contributed by atoms with van der Waals surface area (Å²) in [5.41, 5.74) is 5.95. The Kier molecular flexibility index (Phi) is 6.51. The number of nitrogens with one attached hydrogen (secondary N) is 2. The van der Waals surface area contributed by atoms with Crippen molar-refractivity contribution >= 4 is 35.0 Å². The molecule has 0 saturated heterocycles. The Morgan fingerprint density at radius 1 is 1.00 bits per heavy atom. The molecule has 1 aliphatic heterocycles. The summed E-state index contributed by atoms with van der Waals surface area (Å²) < 4.78 is 0. The summed E-state index contributed by atoms with van der Waals surface area (Å²) in [5.74, 6) is 4.50. The minimum atomic E-state index is 0.0287. The van der Waals surface area contributed by atoms with Crippen LogP contribution in [0.3, 0.4) is 0 Å². The topological polar surface area (TPSA) is 41.1 Å². The fourth-order valence-electron chi connectivity index (χ4n) is 6.77. The van der Waals surface area contributed by atoms with Gasteiger partial charge in [0.15, 0.2) is 0 Å². The van der Waals surface area contributed by atoms with E-state index in [-0.39, 0.29) is 5.91 Å². The summed E-state index contributed by atoms with van der Waals surface area (Å²) in [5, 5.41) is 7.77. The standard InChI is InChI=1S/C30H31ClN2OS/c31-24-8-4-5-19(15-24)18-35-14-13-32-30(34)23-11-12-26-25(17-23)27-21-9-10-22(16-21)28(27)29(33-26)20-6-2-1-3-7-20/h1-8,11-12,15,17,21-22,27-29,33H,9-10,13-14,16,18H2,(H,32,34)/t21-,22-,27-,28+,29+/m0/s1. The van der Waals surface area contributed by atoms with E-state index in [9.17, 15) is 4.79 Å². The van der Waals surface area contributed by atoms with Crippen LogP contribution in [0.2, 0.25) is 5.02 Å². The molecule has 0 unspecified atom stereocenters. The lowest BCUT2D eigenvalue weighted by Gasteiger charge is -2.43. The van der Waals surface area contributed by atoms with Crippen LogP contribution in [0.25, 0.3) is 0 Å². The van der Waals surface area contributed by atoms with E-state index in [1.165, 1.54) is 41.6 Å². The summed E-state index contributed by atoms with van der Waals surface area (Å²) in [7, 11) is 0. The van der Waals surface area contributed by atoms with Crippen molar-refractivity contribution in [2.75, 3.05) is 17.6 Å². The summed E-state index contributed by atoms with van der Waals surface area (Å²) in [6.45, 7) is 0.659. The van der Waals surface area contributed by atoms with Gasteiger partial charge in [-0.2, -0.15) is 11.8 Å². The first-order valence-electron chi connectivity index (χ1n) is 12.7. The molecule has 2 aliphatic carbocycles. The smallest absolute Gasteiger partial charge is 0.251 e. The highest BCUT2D eigenvalue weighted by molar-refractivity contribution is 7.98. The van der Waals surface area contributed by atoms with Crippen molar-refractivity contribution in [2.24, 2.45) is 17.8 Å². The van der Waals surface area contributed by atoms with Gasteiger partial charge in [0.1, 0.15) is 0 Å². The Balaban J connectivity index is 1.13. The molecule has 3 aromatic rings. The average molecular weight is 503 g/mol. The van der Waals surface area contributed by atoms with Crippen molar-refractivity contribution in [3.05, 3.63) is 100 Å². The number of carbonyl (C=O) groups excluding carboxylic acids is 1. The molecule has 0 spiro atoms. The van der Waals surface area contributed by atoms with Crippen molar-refractivity contribution in [3.8, 4) is 0 Å². The van der Waals surface area contributed by atoms with Crippen LogP contribution in [0.5, 0.6) is 0 Å². The van der Waals surface area contributed by atoms with Gasteiger partial charge < -0.3 is 10.6 Å². The number of hydrogen-bond donors (Lipinski definition) is 2. The zero-order valence-electron chi connectivity index (χ0n) is 19.8. The molecule has 1 amide bonds. The number of fused-ring (bicyclic) bond motifs is 7. The largest absolute Gasteiger partial charge is 0.378 e. The van der Waals surface area contributed by atoms with Crippen LogP contribution in [0.15, 0.2) is 72.8 Å². The number of rotatable bonds is 7. The van der Waals surface area contributed by atoms with E-state index in [0.29, 0.717) is 24.4 Å². The Morgan fingerprint density at radius 2 is 1.86 bits per heavy atom. The van der Waals surface area contributed by atoms with E-state index in [0.717, 1.165) is 33.9 Å². The van der Waals surface area contributed by atoms with Gasteiger partial charge in [0.25, 0.3) is 5.91 Å². The maximum absolute atomic E-state index is 13.0. The molecule has 2 saturated carbocycles. The van der Waals surface area contributed by atoms with Crippen molar-refractivity contribution in [1.29, 1.82) is 0 Å². The van der Waals surface area contributed by atoms with Gasteiger partial charge >= 0.3 is 0 Å². The lowest BCUT2D eigenvalue weighted by atomic mass is 9.68. The number of anilines is 1. The van der Waals surface area contributed by atoms with Crippen LogP contribution in [0.4, 0.5) is 5.69 Å². The molecule has 6 rings (SSSR count). The predicted molar refractivity (Wildman–Crippen MR) is 146 cm³/mol. The number of benzene rings is 3. The summed E-state index contributed by atoms with van der Waals surface area (Å²) in [4.78, 5) is 13.0. The van der Waals surface area contributed by atoms with Crippen molar-refractivity contribution in [3.63, 3.8) is 0 Å². The molecule has 2 fully saturated rings. The van der Waals surface area contributed by atoms with E-state index < -0.39 is 0 Å². The highest BCUT2D eigenvalue weighted by atomic mass is 35.5. The normalized spacial score (nSPS) is 26.0. The molecule has 3 aliphatic rings. The molecular formula is C30H31ClN2OS. The van der Waals surface area contributed by atoms with E-state index in [1.807, 2.05) is 36.0 Å². The molecule has 5 atom stereocenters. The third-order valence-corrected chi connectivity index (χ3v) is 9.46. The molecule has 180 valence electrons. The molecule has 35 heavy (non-hydrogen) atoms. The van der Waals surface area contributed by atoms with Crippen molar-refractivity contribution in [1.82, 2.24) is 5.32 Å². The Labute approximate surface area is 217 Å². The third kappa shape index (κ3) is 4.59. The van der Waals surface area contributed by atoms with E-state index >= 15 is 0 Å². The molecule has 5 heteroatoms. The van der Waals surface area contributed by atoms with E-state index in [2.05, 4.69) is 59.2 Å². The fraction of sp³-hybridized carbons (Fsp3) is 0.367. The van der Waals surface area contributed by atoms with Crippen LogP contribution in [0, 0.1) is 17.8 Å². The van der Waals surface area contributed by atoms with Crippen LogP contribution >= 0.6 is 23.4 Å². The van der Waals surface area contributed by atoms with Gasteiger partial charge in [-0.25, -0.2) is 0 Å². The number of thioether (sulfide) groups is 1. The first-order chi connectivity index (χ1) is 17.2. The van der Waals surface area contributed by atoms with Gasteiger partial charge in [0, 0.05) is 34.3 Å². The number of halogens is 1. The van der Waals surface area contributed by atoms with E-state index in [1.54, 1.807) is 0 Å². The summed E-state index contributed by atoms with van der Waals surface area (Å²) in [6, 6.07) is 25.5. The molecule has 2 bridgehead atoms. The van der Waals surface area contributed by atoms with E-state index in [4.69, 9.17) is 11.6 Å². The lowest BCUT2D eigenvalue weighted by molar-refractivity contribution is 0.0956. The highest BCUT2D eigenvalue weighted by Crippen LogP contribution is 2.63. The second-order valence-electron chi connectivity index (χ2n) is 10.2. The number of amides is 1. The minimum absolute atomic E-state index is 0.0287. The van der Waals surface area contributed by atoms with Gasteiger partial charge in [0.2, 0.25) is 0 Å². The van der Waals surface area contributed by atoms with Crippen LogP contribution in [0.1, 0.15) is 58.3 Å². The van der Waals surface area contributed by atoms with Crippen LogP contribution < -0.4 is 10.6 Å². The lowest BCUT2D eigenvalue weighted by Crippen LogP contribution is -2.35. The second-order valence-corrected chi connectivity index (χ2v) is 11.8. The number of hydrogen-bond acceptors (Lipinski definition) is 3. The second kappa shape index (κ2) is 9.91. The Bertz CT molecular complexity index is 1220.